The van der Waals surface area contributed by atoms with Crippen molar-refractivity contribution in [1.82, 2.24) is 10.9 Å². The van der Waals surface area contributed by atoms with Gasteiger partial charge in [-0.25, -0.2) is 0 Å². The molecule has 0 saturated heterocycles. The molecule has 0 atom stereocenters. The largest absolute Gasteiger partial charge is 0.329 e. The number of hydrogen-bond donors (Lipinski definition) is 4. The number of nitrogens with one attached hydrogen (secondary N) is 4. The van der Waals surface area contributed by atoms with Gasteiger partial charge in [-0.1, -0.05) is 0 Å². The molecule has 0 aliphatic heterocycles. The van der Waals surface area contributed by atoms with E-state index in [2.05, 4.69) is 21.7 Å². The fourth-order valence-corrected chi connectivity index (χ4v) is 1.63. The van der Waals surface area contributed by atoms with Gasteiger partial charge in [0.15, 0.2) is 0 Å². The van der Waals surface area contributed by atoms with Gasteiger partial charge in [0.1, 0.15) is 0 Å². The summed E-state index contributed by atoms with van der Waals surface area (Å²) in [6.45, 7) is 0. The van der Waals surface area contributed by atoms with Crippen molar-refractivity contribution in [3.05, 3.63) is 59.7 Å². The van der Waals surface area contributed by atoms with Crippen molar-refractivity contribution >= 4 is 23.2 Å². The van der Waals surface area contributed by atoms with Gasteiger partial charge in [0, 0.05) is 0 Å². The monoisotopic (exact) mass is 320 g/mol. The van der Waals surface area contributed by atoms with Crippen LogP contribution in [-0.2, 0) is 9.59 Å². The summed E-state index contributed by atoms with van der Waals surface area (Å²) in [4.78, 5) is 23.3. The number of amides is 2. The molecule has 24 heavy (non-hydrogen) atoms. The summed E-state index contributed by atoms with van der Waals surface area (Å²) >= 11 is 0. The Morgan fingerprint density at radius 3 is 1.29 bits per heavy atom. The number of nitriles is 2. The minimum absolute atomic E-state index is 0.483. The molecule has 0 aromatic heterocycles. The van der Waals surface area contributed by atoms with Crippen LogP contribution in [0.2, 0.25) is 0 Å². The number of rotatable bonds is 4. The van der Waals surface area contributed by atoms with Crippen LogP contribution in [0.25, 0.3) is 0 Å². The Balaban J connectivity index is 1.80. The Hall–Kier alpha value is -4.04. The minimum Gasteiger partial charge on any atom is -0.298 e. The Morgan fingerprint density at radius 1 is 0.667 bits per heavy atom. The maximum Gasteiger partial charge on any atom is 0.329 e. The number of hydrogen-bond acceptors (Lipinski definition) is 6. The van der Waals surface area contributed by atoms with Crippen molar-refractivity contribution in [3.8, 4) is 12.1 Å². The van der Waals surface area contributed by atoms with Crippen LogP contribution < -0.4 is 21.7 Å². The van der Waals surface area contributed by atoms with E-state index < -0.39 is 11.8 Å². The summed E-state index contributed by atoms with van der Waals surface area (Å²) in [7, 11) is 0. The molecular formula is C16H12N6O2. The second-order valence-electron chi connectivity index (χ2n) is 4.54. The molecule has 0 fully saturated rings. The Kier molecular flexibility index (Phi) is 5.32. The third-order valence-corrected chi connectivity index (χ3v) is 2.87. The Labute approximate surface area is 137 Å². The summed E-state index contributed by atoms with van der Waals surface area (Å²) < 4.78 is 0. The highest BCUT2D eigenvalue weighted by molar-refractivity contribution is 6.35. The van der Waals surface area contributed by atoms with E-state index >= 15 is 0 Å². The van der Waals surface area contributed by atoms with Crippen molar-refractivity contribution in [2.24, 2.45) is 0 Å². The minimum atomic E-state index is -0.902. The number of hydrazine groups is 2. The first-order chi connectivity index (χ1) is 11.6. The molecular weight excluding hydrogens is 308 g/mol. The predicted octanol–water partition coefficient (Wildman–Crippen LogP) is 1.02. The molecule has 2 aromatic rings. The van der Waals surface area contributed by atoms with Crippen LogP contribution in [0.3, 0.4) is 0 Å². The second-order valence-corrected chi connectivity index (χ2v) is 4.54. The second kappa shape index (κ2) is 7.82. The summed E-state index contributed by atoms with van der Waals surface area (Å²) in [6, 6.07) is 16.6. The van der Waals surface area contributed by atoms with Gasteiger partial charge in [0.05, 0.1) is 34.6 Å². The zero-order chi connectivity index (χ0) is 17.4. The first-order valence-electron chi connectivity index (χ1n) is 6.75. The zero-order valence-electron chi connectivity index (χ0n) is 12.3. The van der Waals surface area contributed by atoms with Crippen LogP contribution >= 0.6 is 0 Å². The van der Waals surface area contributed by atoms with Gasteiger partial charge in [0.2, 0.25) is 0 Å². The van der Waals surface area contributed by atoms with Crippen molar-refractivity contribution in [2.45, 2.75) is 0 Å². The van der Waals surface area contributed by atoms with Crippen molar-refractivity contribution < 1.29 is 9.59 Å². The molecule has 2 amide bonds. The normalized spacial score (nSPS) is 9.08. The van der Waals surface area contributed by atoms with Crippen LogP contribution in [0.4, 0.5) is 11.4 Å². The number of benzene rings is 2. The molecule has 4 N–H and O–H groups in total. The van der Waals surface area contributed by atoms with Crippen LogP contribution in [-0.4, -0.2) is 11.8 Å². The van der Waals surface area contributed by atoms with Gasteiger partial charge >= 0.3 is 11.8 Å². The molecule has 0 bridgehead atoms. The quantitative estimate of drug-likeness (QED) is 0.491. The number of anilines is 2. The SMILES string of the molecule is N#Cc1ccc(NNC(=O)C(=O)NNc2ccc(C#N)cc2)cc1. The average Bonchev–Trinajstić information content (AvgIpc) is 2.64. The first-order valence-corrected chi connectivity index (χ1v) is 6.75. The molecule has 0 spiro atoms. The molecule has 8 heteroatoms. The third-order valence-electron chi connectivity index (χ3n) is 2.87. The van der Waals surface area contributed by atoms with Crippen molar-refractivity contribution in [2.75, 3.05) is 10.9 Å². The standard InChI is InChI=1S/C16H12N6O2/c17-9-11-1-5-13(6-2-11)19-21-15(23)16(24)22-20-14-7-3-12(10-18)4-8-14/h1-8,19-20H,(H,21,23)(H,22,24). The molecule has 8 nitrogen and oxygen atoms in total. The van der Waals surface area contributed by atoms with E-state index in [0.717, 1.165) is 0 Å². The topological polar surface area (TPSA) is 130 Å². The van der Waals surface area contributed by atoms with Gasteiger partial charge < -0.3 is 0 Å². The number of nitrogens with zero attached hydrogens (tertiary/aromatic N) is 2. The van der Waals surface area contributed by atoms with Crippen molar-refractivity contribution in [3.63, 3.8) is 0 Å². The van der Waals surface area contributed by atoms with E-state index in [1.807, 2.05) is 12.1 Å². The average molecular weight is 320 g/mol. The highest BCUT2D eigenvalue weighted by Gasteiger charge is 2.12. The molecule has 0 unspecified atom stereocenters. The summed E-state index contributed by atoms with van der Waals surface area (Å²) in [6.07, 6.45) is 0. The van der Waals surface area contributed by atoms with E-state index in [1.165, 1.54) is 0 Å². The lowest BCUT2D eigenvalue weighted by molar-refractivity contribution is -0.138. The zero-order valence-corrected chi connectivity index (χ0v) is 12.3. The summed E-state index contributed by atoms with van der Waals surface area (Å²) in [5.74, 6) is -1.80. The molecule has 0 aliphatic rings. The fourth-order valence-electron chi connectivity index (χ4n) is 1.63. The Morgan fingerprint density at radius 2 is 1.00 bits per heavy atom. The molecule has 0 radical (unpaired) electrons. The first kappa shape index (κ1) is 16.3. The molecule has 2 rings (SSSR count). The van der Waals surface area contributed by atoms with E-state index in [9.17, 15) is 9.59 Å². The van der Waals surface area contributed by atoms with E-state index in [-0.39, 0.29) is 0 Å². The van der Waals surface area contributed by atoms with Crippen LogP contribution in [0, 0.1) is 22.7 Å². The molecule has 0 heterocycles. The number of carbonyl (C=O) groups is 2. The number of carbonyl (C=O) groups excluding carboxylic acids is 2. The molecule has 118 valence electrons. The third kappa shape index (κ3) is 4.48. The highest BCUT2D eigenvalue weighted by atomic mass is 16.2. The van der Waals surface area contributed by atoms with E-state index in [4.69, 9.17) is 10.5 Å². The summed E-state index contributed by atoms with van der Waals surface area (Å²) in [5.41, 5.74) is 11.6. The van der Waals surface area contributed by atoms with Gasteiger partial charge in [-0.05, 0) is 48.5 Å². The maximum absolute atomic E-state index is 11.6. The molecule has 0 aliphatic carbocycles. The van der Waals surface area contributed by atoms with Gasteiger partial charge in [-0.15, -0.1) is 0 Å². The molecule has 2 aromatic carbocycles. The predicted molar refractivity (Wildman–Crippen MR) is 85.8 cm³/mol. The van der Waals surface area contributed by atoms with Gasteiger partial charge in [-0.2, -0.15) is 10.5 Å². The maximum atomic E-state index is 11.6. The molecule has 0 saturated carbocycles. The van der Waals surface area contributed by atoms with Crippen molar-refractivity contribution in [1.29, 1.82) is 10.5 Å². The van der Waals surface area contributed by atoms with Crippen LogP contribution in [0.1, 0.15) is 11.1 Å². The van der Waals surface area contributed by atoms with Gasteiger partial charge in [-0.3, -0.25) is 31.3 Å². The lowest BCUT2D eigenvalue weighted by Crippen LogP contribution is -2.44. The van der Waals surface area contributed by atoms with E-state index in [0.29, 0.717) is 22.5 Å². The van der Waals surface area contributed by atoms with Gasteiger partial charge in [0.25, 0.3) is 0 Å². The Bertz CT molecular complexity index is 744. The fraction of sp³-hybridized carbons (Fsp3) is 0. The van der Waals surface area contributed by atoms with Crippen LogP contribution in [0.5, 0.6) is 0 Å². The van der Waals surface area contributed by atoms with E-state index in [1.54, 1.807) is 48.5 Å². The lowest BCUT2D eigenvalue weighted by Gasteiger charge is -2.10. The van der Waals surface area contributed by atoms with Crippen LogP contribution in [0.15, 0.2) is 48.5 Å². The smallest absolute Gasteiger partial charge is 0.298 e. The lowest BCUT2D eigenvalue weighted by atomic mass is 10.2. The highest BCUT2D eigenvalue weighted by Crippen LogP contribution is 2.08. The summed E-state index contributed by atoms with van der Waals surface area (Å²) in [5, 5.41) is 17.4.